The van der Waals surface area contributed by atoms with E-state index in [0.29, 0.717) is 72.9 Å². The third-order valence-corrected chi connectivity index (χ3v) is 18.2. The Morgan fingerprint density at radius 3 is 2.46 bits per heavy atom. The average molecular weight is 1110 g/mol. The van der Waals surface area contributed by atoms with Crippen LogP contribution in [0, 0.1) is 35.0 Å². The number of nitrogens with two attached hydrogens (primary N) is 3. The normalized spacial score (nSPS) is 33.1. The summed E-state index contributed by atoms with van der Waals surface area (Å²) in [7, 11) is 0. The third-order valence-electron chi connectivity index (χ3n) is 18.2. The highest BCUT2D eigenvalue weighted by Crippen LogP contribution is 2.63. The maximum Gasteiger partial charge on any atom is 0.243 e. The van der Waals surface area contributed by atoms with Crippen LogP contribution in [0.3, 0.4) is 0 Å². The number of hydrogen-bond donors (Lipinski definition) is 12. The molecule has 2 saturated carbocycles. The molecule has 0 aromatic heterocycles. The lowest BCUT2D eigenvalue weighted by molar-refractivity contribution is -0.168. The first-order valence-corrected chi connectivity index (χ1v) is 28.7. The fraction of sp³-hybridized carbons (Fsp3) is 0.492. The Labute approximate surface area is 477 Å². The van der Waals surface area contributed by atoms with Gasteiger partial charge in [0, 0.05) is 49.6 Å². The van der Waals surface area contributed by atoms with E-state index < -0.39 is 76.8 Å². The first-order valence-electron chi connectivity index (χ1n) is 28.7. The molecular weight excluding hydrogens is 1020 g/mol. The summed E-state index contributed by atoms with van der Waals surface area (Å²) < 4.78 is 6.21. The summed E-state index contributed by atoms with van der Waals surface area (Å²) in [6.07, 6.45) is 7.00. The maximum absolute atomic E-state index is 15.2. The number of phenolic OH excluding ortho intramolecular Hbond substituents is 1. The van der Waals surface area contributed by atoms with E-state index in [2.05, 4.69) is 39.4 Å². The van der Waals surface area contributed by atoms with Gasteiger partial charge >= 0.3 is 0 Å². The Balaban J connectivity index is 1.21. The Morgan fingerprint density at radius 2 is 1.72 bits per heavy atom. The number of aliphatic imine (C=N–C) groups is 1. The van der Waals surface area contributed by atoms with Crippen molar-refractivity contribution >= 4 is 17.6 Å². The van der Waals surface area contributed by atoms with E-state index in [0.717, 1.165) is 33.4 Å². The maximum atomic E-state index is 15.2. The molecule has 1 amide bonds. The number of carbonyl (C=O) groups excluding carboxylic acids is 2. The van der Waals surface area contributed by atoms with Gasteiger partial charge in [0.15, 0.2) is 11.7 Å². The molecule has 434 valence electrons. The van der Waals surface area contributed by atoms with Crippen LogP contribution in [0.4, 0.5) is 0 Å². The molecule has 1 spiro atoms. The summed E-state index contributed by atoms with van der Waals surface area (Å²) in [6, 6.07) is 19.0. The van der Waals surface area contributed by atoms with Crippen molar-refractivity contribution in [3.8, 4) is 17.6 Å². The van der Waals surface area contributed by atoms with E-state index in [9.17, 15) is 35.4 Å². The number of carbonyl (C=O) groups is 2. The SMILES string of the molecule is C=C1/C=C/C=C(\[C@H]2CC[C@@]3([C@@H]4CC[C@H](O)Cc5cccc(c5)C[C@H]([C@H](CN=C(N)N)c5ccc(O)cc5)[C@H](O)CN[C@H]5C(=O)N[C@@H](N)c6cccc(c65)CC(=O)C(C)=C4CC[C@@]3(C)O)[C@@H]2O)COCC#CC/C(C)=C/C[C@@]1(O)NCC. The number of aromatic hydroxyl groups is 1. The summed E-state index contributed by atoms with van der Waals surface area (Å²) in [5.41, 5.74) is 22.3. The molecule has 3 aromatic rings. The first-order chi connectivity index (χ1) is 38.7. The molecule has 0 radical (unpaired) electrons. The van der Waals surface area contributed by atoms with Crippen LogP contribution in [0.15, 0.2) is 130 Å². The number of ether oxygens (including phenoxy) is 1. The second-order valence-electron chi connectivity index (χ2n) is 23.4. The number of allylic oxidation sites excluding steroid dienone is 5. The quantitative estimate of drug-likeness (QED) is 0.0456. The van der Waals surface area contributed by atoms with Gasteiger partial charge in [0.2, 0.25) is 5.91 Å². The highest BCUT2D eigenvalue weighted by Gasteiger charge is 2.64. The zero-order valence-electron chi connectivity index (χ0n) is 47.5. The van der Waals surface area contributed by atoms with Crippen molar-refractivity contribution in [2.24, 2.45) is 45.4 Å². The number of rotatable bonds is 7. The lowest BCUT2D eigenvalue weighted by Crippen LogP contribution is -2.59. The van der Waals surface area contributed by atoms with Gasteiger partial charge in [-0.25, -0.2) is 0 Å². The molecule has 2 bridgehead atoms. The number of phenols is 1. The molecule has 5 aliphatic rings. The van der Waals surface area contributed by atoms with Crippen LogP contribution in [-0.4, -0.2) is 111 Å². The van der Waals surface area contributed by atoms with Crippen LogP contribution in [-0.2, 0) is 33.6 Å². The molecule has 0 unspecified atom stereocenters. The van der Waals surface area contributed by atoms with Crippen molar-refractivity contribution in [1.29, 1.82) is 0 Å². The van der Waals surface area contributed by atoms with Gasteiger partial charge in [-0.15, -0.1) is 0 Å². The Bertz CT molecular complexity index is 3000. The van der Waals surface area contributed by atoms with Gasteiger partial charge in [-0.2, -0.15) is 0 Å². The summed E-state index contributed by atoms with van der Waals surface area (Å²) in [5.74, 6) is 3.55. The summed E-state index contributed by atoms with van der Waals surface area (Å²) in [5, 5.41) is 82.3. The van der Waals surface area contributed by atoms with Crippen molar-refractivity contribution in [1.82, 2.24) is 16.0 Å². The van der Waals surface area contributed by atoms with Gasteiger partial charge in [0.25, 0.3) is 0 Å². The van der Waals surface area contributed by atoms with E-state index in [1.807, 2.05) is 81.5 Å². The van der Waals surface area contributed by atoms with Crippen LogP contribution >= 0.6 is 0 Å². The average Bonchev–Trinajstić information content (AvgIpc) is 4.07. The minimum Gasteiger partial charge on any atom is -0.508 e. The van der Waals surface area contributed by atoms with E-state index >= 15 is 4.79 Å². The Hall–Kier alpha value is -6.23. The smallest absolute Gasteiger partial charge is 0.243 e. The summed E-state index contributed by atoms with van der Waals surface area (Å²) in [4.78, 5) is 33.8. The largest absolute Gasteiger partial charge is 0.508 e. The second-order valence-corrected chi connectivity index (χ2v) is 23.4. The number of benzene rings is 3. The summed E-state index contributed by atoms with van der Waals surface area (Å²) >= 11 is 0. The minimum absolute atomic E-state index is 0.0649. The monoisotopic (exact) mass is 1110 g/mol. The number of Topliss-reactive ketones (excluding diaryl/α,β-unsaturated/α-hetero) is 1. The van der Waals surface area contributed by atoms with Crippen molar-refractivity contribution in [3.05, 3.63) is 159 Å². The number of β-amino-alcohol motifs (C(OH)–C–C–N with tert-alkyl or cyclic N) is 1. The number of nitrogens with zero attached hydrogens (tertiary/aromatic N) is 1. The van der Waals surface area contributed by atoms with Crippen LogP contribution in [0.25, 0.3) is 0 Å². The predicted molar refractivity (Wildman–Crippen MR) is 315 cm³/mol. The number of hydrogen-bond acceptors (Lipinski definition) is 13. The molecule has 3 heterocycles. The van der Waals surface area contributed by atoms with Gasteiger partial charge in [0.1, 0.15) is 30.3 Å². The number of likely N-dealkylation sites (N-methyl/N-ethyl adjacent to an activating group) is 1. The number of aliphatic hydroxyl groups excluding tert-OH is 3. The van der Waals surface area contributed by atoms with E-state index in [1.54, 1.807) is 37.3 Å². The summed E-state index contributed by atoms with van der Waals surface area (Å²) in [6.45, 7) is 12.6. The molecule has 0 saturated heterocycles. The number of nitrogens with one attached hydrogen (secondary N) is 3. The number of aliphatic hydroxyl groups is 5. The van der Waals surface area contributed by atoms with Crippen molar-refractivity contribution < 1.29 is 45.0 Å². The number of guanidine groups is 1. The molecule has 3 aromatic carbocycles. The van der Waals surface area contributed by atoms with Crippen molar-refractivity contribution in [3.63, 3.8) is 0 Å². The molecule has 16 nitrogen and oxygen atoms in total. The Kier molecular flexibility index (Phi) is 19.8. The molecule has 2 aliphatic carbocycles. The highest BCUT2D eigenvalue weighted by atomic mass is 16.5. The van der Waals surface area contributed by atoms with Crippen LogP contribution in [0.1, 0.15) is 131 Å². The minimum atomic E-state index is -1.41. The zero-order valence-corrected chi connectivity index (χ0v) is 47.5. The zero-order chi connectivity index (χ0) is 58.2. The third kappa shape index (κ3) is 13.7. The first kappa shape index (κ1) is 60.9. The van der Waals surface area contributed by atoms with E-state index in [4.69, 9.17) is 21.9 Å². The van der Waals surface area contributed by atoms with E-state index in [-0.39, 0.29) is 75.9 Å². The number of fused-ring (bicyclic) bond motifs is 4. The van der Waals surface area contributed by atoms with Gasteiger partial charge in [-0.05, 0) is 153 Å². The predicted octanol–water partition coefficient (Wildman–Crippen LogP) is 5.53. The van der Waals surface area contributed by atoms with Crippen LogP contribution < -0.4 is 33.2 Å². The lowest BCUT2D eigenvalue weighted by Gasteiger charge is -2.56. The highest BCUT2D eigenvalue weighted by molar-refractivity contribution is 5.98. The van der Waals surface area contributed by atoms with E-state index in [1.165, 1.54) is 0 Å². The lowest BCUT2D eigenvalue weighted by atomic mass is 9.52. The molecule has 15 N–H and O–H groups in total. The van der Waals surface area contributed by atoms with Crippen molar-refractivity contribution in [2.45, 2.75) is 146 Å². The van der Waals surface area contributed by atoms with Gasteiger partial charge in [-0.1, -0.05) is 115 Å². The van der Waals surface area contributed by atoms with Crippen LogP contribution in [0.2, 0.25) is 0 Å². The molecule has 2 fully saturated rings. The molecule has 16 heteroatoms. The molecule has 12 atom stereocenters. The molecule has 8 rings (SSSR count). The topological polar surface area (TPSA) is 291 Å². The number of ketones is 1. The Morgan fingerprint density at radius 1 is 0.975 bits per heavy atom. The van der Waals surface area contributed by atoms with Crippen LogP contribution in [0.5, 0.6) is 5.75 Å². The van der Waals surface area contributed by atoms with Gasteiger partial charge in [0.05, 0.1) is 30.5 Å². The molecule has 3 aliphatic heterocycles. The van der Waals surface area contributed by atoms with Crippen molar-refractivity contribution in [2.75, 3.05) is 32.8 Å². The molecular formula is C65H85N7O9. The van der Waals surface area contributed by atoms with Gasteiger partial charge in [-0.3, -0.25) is 25.2 Å². The second kappa shape index (κ2) is 26.3. The molecule has 81 heavy (non-hydrogen) atoms. The fourth-order valence-electron chi connectivity index (χ4n) is 13.7. The number of amides is 1. The standard InChI is InChI=1S/C65H85N7O9/c1-6-71-65(80)30-25-39(2)12-7-8-31-81-38-46(17-9-13-40(65)3)50-27-29-64(59(50)77)54-24-23-48(74)33-42-14-10-15-43(32-42)34-52(53(36-70-62(67)68)44-19-21-47(73)22-20-44)56(76)37-69-58-57-45(16-11-18-51(57)60(66)72-61(58)78)35-55(75)41(4)49(54)26-28-63(64,5)79/h9-11,13-22,25,32,48,50,52-54,56,58-60,69,71,73-74,76-77,79-80H,3,6,12,23-24,26-31,33-38,66H2,1-2,4-5H3,(H,72,78)(H4,67,68,70)/b13-9+,39-25+,46-17-,49-41?/t48-,50+,52+,53+,54+,56+,58+,59+,60+,63+,64+,65-/m0/s1. The fourth-order valence-corrected chi connectivity index (χ4v) is 13.7. The van der Waals surface area contributed by atoms with Gasteiger partial charge < -0.3 is 57.9 Å².